The number of hydrogen-bond acceptors (Lipinski definition) is 3. The second-order valence-electron chi connectivity index (χ2n) is 6.76. The molecule has 3 unspecified atom stereocenters. The van der Waals surface area contributed by atoms with Crippen molar-refractivity contribution < 1.29 is 9.53 Å². The topological polar surface area (TPSA) is 50.4 Å². The van der Waals surface area contributed by atoms with E-state index in [1.807, 2.05) is 0 Å². The molecule has 2 fully saturated rings. The second kappa shape index (κ2) is 5.41. The molecule has 1 aliphatic heterocycles. The van der Waals surface area contributed by atoms with Crippen LogP contribution in [-0.4, -0.2) is 38.3 Å². The SMILES string of the molecule is CCCC1(C(=O)NC2CC(OC)C2(C)C)CCNC1. The lowest BCUT2D eigenvalue weighted by Crippen LogP contribution is -2.63. The molecule has 0 aromatic heterocycles. The molecule has 3 atom stereocenters. The van der Waals surface area contributed by atoms with E-state index in [9.17, 15) is 4.79 Å². The van der Waals surface area contributed by atoms with Gasteiger partial charge in [-0.1, -0.05) is 27.2 Å². The predicted octanol–water partition coefficient (Wildman–Crippen LogP) is 1.70. The van der Waals surface area contributed by atoms with Crippen molar-refractivity contribution in [1.29, 1.82) is 0 Å². The van der Waals surface area contributed by atoms with Gasteiger partial charge in [-0.05, 0) is 25.8 Å². The zero-order valence-electron chi connectivity index (χ0n) is 12.7. The van der Waals surface area contributed by atoms with Gasteiger partial charge in [0, 0.05) is 25.1 Å². The van der Waals surface area contributed by atoms with E-state index in [0.29, 0.717) is 0 Å². The van der Waals surface area contributed by atoms with E-state index in [4.69, 9.17) is 4.74 Å². The standard InChI is InChI=1S/C15H28N2O2/c1-5-6-15(7-8-16-10-15)13(18)17-11-9-12(19-4)14(11,2)3/h11-12,16H,5-10H2,1-4H3,(H,17,18). The van der Waals surface area contributed by atoms with Crippen molar-refractivity contribution in [2.45, 2.75) is 58.6 Å². The lowest BCUT2D eigenvalue weighted by molar-refractivity contribution is -0.141. The molecule has 19 heavy (non-hydrogen) atoms. The van der Waals surface area contributed by atoms with Crippen LogP contribution in [0.15, 0.2) is 0 Å². The third-order valence-electron chi connectivity index (χ3n) is 5.22. The molecule has 0 spiro atoms. The Hall–Kier alpha value is -0.610. The molecule has 2 N–H and O–H groups in total. The molecule has 1 amide bonds. The van der Waals surface area contributed by atoms with Crippen molar-refractivity contribution in [1.82, 2.24) is 10.6 Å². The van der Waals surface area contributed by atoms with Crippen LogP contribution in [0.2, 0.25) is 0 Å². The van der Waals surface area contributed by atoms with Crippen LogP contribution in [-0.2, 0) is 9.53 Å². The van der Waals surface area contributed by atoms with E-state index in [0.717, 1.165) is 38.8 Å². The van der Waals surface area contributed by atoms with Crippen molar-refractivity contribution in [3.05, 3.63) is 0 Å². The third kappa shape index (κ3) is 2.52. The molecule has 2 aliphatic rings. The molecule has 1 saturated heterocycles. The molecule has 4 heteroatoms. The molecule has 0 aromatic rings. The molecule has 1 aliphatic carbocycles. The van der Waals surface area contributed by atoms with Crippen LogP contribution >= 0.6 is 0 Å². The van der Waals surface area contributed by atoms with Gasteiger partial charge in [0.15, 0.2) is 0 Å². The van der Waals surface area contributed by atoms with Crippen LogP contribution in [0, 0.1) is 10.8 Å². The average molecular weight is 268 g/mol. The van der Waals surface area contributed by atoms with Crippen LogP contribution in [0.3, 0.4) is 0 Å². The number of carbonyl (C=O) groups excluding carboxylic acids is 1. The maximum Gasteiger partial charge on any atom is 0.227 e. The summed E-state index contributed by atoms with van der Waals surface area (Å²) in [5, 5.41) is 6.62. The Morgan fingerprint density at radius 2 is 2.21 bits per heavy atom. The Morgan fingerprint density at radius 1 is 1.47 bits per heavy atom. The number of carbonyl (C=O) groups is 1. The predicted molar refractivity (Wildman–Crippen MR) is 76.0 cm³/mol. The number of amides is 1. The van der Waals surface area contributed by atoms with Gasteiger partial charge in [0.2, 0.25) is 5.91 Å². The third-order valence-corrected chi connectivity index (χ3v) is 5.22. The number of methoxy groups -OCH3 is 1. The summed E-state index contributed by atoms with van der Waals surface area (Å²) in [7, 11) is 1.75. The van der Waals surface area contributed by atoms with Gasteiger partial charge in [-0.2, -0.15) is 0 Å². The van der Waals surface area contributed by atoms with Gasteiger partial charge in [0.1, 0.15) is 0 Å². The first-order valence-corrected chi connectivity index (χ1v) is 7.51. The van der Waals surface area contributed by atoms with E-state index >= 15 is 0 Å². The van der Waals surface area contributed by atoms with E-state index in [1.165, 1.54) is 0 Å². The van der Waals surface area contributed by atoms with Crippen molar-refractivity contribution in [3.63, 3.8) is 0 Å². The molecule has 4 nitrogen and oxygen atoms in total. The van der Waals surface area contributed by atoms with Gasteiger partial charge in [-0.25, -0.2) is 0 Å². The van der Waals surface area contributed by atoms with Gasteiger partial charge in [-0.15, -0.1) is 0 Å². The van der Waals surface area contributed by atoms with Crippen molar-refractivity contribution in [3.8, 4) is 0 Å². The molecule has 1 heterocycles. The largest absolute Gasteiger partial charge is 0.381 e. The molecule has 110 valence electrons. The Bertz CT molecular complexity index is 335. The smallest absolute Gasteiger partial charge is 0.227 e. The van der Waals surface area contributed by atoms with Gasteiger partial charge in [-0.3, -0.25) is 4.79 Å². The summed E-state index contributed by atoms with van der Waals surface area (Å²) in [5.74, 6) is 0.243. The summed E-state index contributed by atoms with van der Waals surface area (Å²) in [6, 6.07) is 0.249. The van der Waals surface area contributed by atoms with Gasteiger partial charge >= 0.3 is 0 Å². The normalized spacial score (nSPS) is 36.8. The van der Waals surface area contributed by atoms with E-state index in [2.05, 4.69) is 31.4 Å². The summed E-state index contributed by atoms with van der Waals surface area (Å²) in [6.07, 6.45) is 4.20. The van der Waals surface area contributed by atoms with Crippen LogP contribution < -0.4 is 10.6 Å². The minimum absolute atomic E-state index is 0.0455. The van der Waals surface area contributed by atoms with Gasteiger partial charge in [0.25, 0.3) is 0 Å². The number of ether oxygens (including phenoxy) is 1. The fourth-order valence-corrected chi connectivity index (χ4v) is 3.58. The van der Waals surface area contributed by atoms with E-state index < -0.39 is 0 Å². The first-order valence-electron chi connectivity index (χ1n) is 7.51. The number of hydrogen-bond donors (Lipinski definition) is 2. The minimum Gasteiger partial charge on any atom is -0.381 e. The number of nitrogens with one attached hydrogen (secondary N) is 2. The van der Waals surface area contributed by atoms with Crippen LogP contribution in [0.25, 0.3) is 0 Å². The maximum atomic E-state index is 12.7. The highest BCUT2D eigenvalue weighted by atomic mass is 16.5. The zero-order valence-corrected chi connectivity index (χ0v) is 12.7. The minimum atomic E-state index is -0.178. The van der Waals surface area contributed by atoms with Crippen LogP contribution in [0.5, 0.6) is 0 Å². The Kier molecular flexibility index (Phi) is 4.21. The van der Waals surface area contributed by atoms with Gasteiger partial charge < -0.3 is 15.4 Å². The summed E-state index contributed by atoms with van der Waals surface area (Å²) in [6.45, 7) is 8.29. The Morgan fingerprint density at radius 3 is 2.68 bits per heavy atom. The summed E-state index contributed by atoms with van der Waals surface area (Å²) >= 11 is 0. The lowest BCUT2D eigenvalue weighted by Gasteiger charge is -2.52. The average Bonchev–Trinajstić information content (AvgIpc) is 2.84. The molecular weight excluding hydrogens is 240 g/mol. The summed E-state index contributed by atoms with van der Waals surface area (Å²) in [4.78, 5) is 12.7. The molecule has 0 radical (unpaired) electrons. The number of rotatable bonds is 5. The Labute approximate surface area is 116 Å². The van der Waals surface area contributed by atoms with Crippen molar-refractivity contribution in [2.24, 2.45) is 10.8 Å². The quantitative estimate of drug-likeness (QED) is 0.798. The first-order chi connectivity index (χ1) is 8.96. The van der Waals surface area contributed by atoms with Crippen LogP contribution in [0.1, 0.15) is 46.5 Å². The van der Waals surface area contributed by atoms with Crippen molar-refractivity contribution >= 4 is 5.91 Å². The summed E-state index contributed by atoms with van der Waals surface area (Å²) < 4.78 is 5.45. The van der Waals surface area contributed by atoms with Gasteiger partial charge in [0.05, 0.1) is 11.5 Å². The van der Waals surface area contributed by atoms with E-state index in [1.54, 1.807) is 7.11 Å². The molecule has 0 aromatic carbocycles. The fourth-order valence-electron chi connectivity index (χ4n) is 3.58. The van der Waals surface area contributed by atoms with Crippen LogP contribution in [0.4, 0.5) is 0 Å². The highest BCUT2D eigenvalue weighted by Gasteiger charge is 2.51. The lowest BCUT2D eigenvalue weighted by atomic mass is 9.64. The molecular formula is C15H28N2O2. The second-order valence-corrected chi connectivity index (χ2v) is 6.76. The fraction of sp³-hybridized carbons (Fsp3) is 0.933. The molecule has 1 saturated carbocycles. The monoisotopic (exact) mass is 268 g/mol. The highest BCUT2D eigenvalue weighted by molar-refractivity contribution is 5.83. The molecule has 2 rings (SSSR count). The van der Waals surface area contributed by atoms with Crippen molar-refractivity contribution in [2.75, 3.05) is 20.2 Å². The molecule has 0 bridgehead atoms. The first kappa shape index (κ1) is 14.8. The maximum absolute atomic E-state index is 12.7. The summed E-state index contributed by atoms with van der Waals surface area (Å²) in [5.41, 5.74) is -0.132. The highest BCUT2D eigenvalue weighted by Crippen LogP contribution is 2.43. The van der Waals surface area contributed by atoms with E-state index in [-0.39, 0.29) is 28.9 Å². The Balaban J connectivity index is 1.97. The zero-order chi connectivity index (χ0) is 14.1.